The van der Waals surface area contributed by atoms with Crippen LogP contribution < -0.4 is 16.0 Å². The maximum Gasteiger partial charge on any atom is 0.317 e. The number of benzene rings is 1. The van der Waals surface area contributed by atoms with Crippen LogP contribution in [0.25, 0.3) is 0 Å². The summed E-state index contributed by atoms with van der Waals surface area (Å²) in [5.74, 6) is -1.74. The molecule has 4 amide bonds. The molecule has 2 rings (SSSR count). The molecule has 30 heavy (non-hydrogen) atoms. The average molecular weight is 423 g/mol. The summed E-state index contributed by atoms with van der Waals surface area (Å²) < 4.78 is 19.0. The van der Waals surface area contributed by atoms with Gasteiger partial charge >= 0.3 is 6.03 Å². The van der Waals surface area contributed by atoms with Crippen LogP contribution in [0, 0.1) is 11.7 Å². The van der Waals surface area contributed by atoms with Crippen LogP contribution in [0.5, 0.6) is 0 Å². The molecule has 0 aliphatic carbocycles. The Morgan fingerprint density at radius 1 is 1.20 bits per heavy atom. The van der Waals surface area contributed by atoms with E-state index in [1.165, 1.54) is 18.2 Å². The van der Waals surface area contributed by atoms with Gasteiger partial charge in [-0.1, -0.05) is 12.1 Å². The Balaban J connectivity index is 2.06. The lowest BCUT2D eigenvalue weighted by Crippen LogP contribution is -2.54. The maximum atomic E-state index is 14.0. The Hall–Kier alpha value is -2.68. The van der Waals surface area contributed by atoms with Crippen molar-refractivity contribution >= 4 is 17.8 Å². The van der Waals surface area contributed by atoms with E-state index in [0.29, 0.717) is 52.0 Å². The summed E-state index contributed by atoms with van der Waals surface area (Å²) in [6, 6.07) is 4.73. The third-order valence-corrected chi connectivity index (χ3v) is 5.14. The highest BCUT2D eigenvalue weighted by molar-refractivity contribution is 5.97. The molecule has 8 nitrogen and oxygen atoms in total. The second-order valence-electron chi connectivity index (χ2n) is 7.23. The van der Waals surface area contributed by atoms with E-state index in [1.54, 1.807) is 18.1 Å². The maximum absolute atomic E-state index is 14.0. The van der Waals surface area contributed by atoms with Gasteiger partial charge in [-0.05, 0) is 44.2 Å². The molecule has 0 bridgehead atoms. The van der Waals surface area contributed by atoms with Crippen molar-refractivity contribution < 1.29 is 23.5 Å². The molecule has 1 heterocycles. The summed E-state index contributed by atoms with van der Waals surface area (Å²) in [7, 11) is 1.59. The molecule has 0 radical (unpaired) electrons. The first-order valence-corrected chi connectivity index (χ1v) is 10.3. The smallest absolute Gasteiger partial charge is 0.317 e. The zero-order valence-electron chi connectivity index (χ0n) is 17.6. The molecule has 3 N–H and O–H groups in total. The van der Waals surface area contributed by atoms with Crippen LogP contribution >= 0.6 is 0 Å². The molecule has 0 spiro atoms. The Labute approximate surface area is 176 Å². The van der Waals surface area contributed by atoms with Gasteiger partial charge in [0.05, 0.1) is 5.56 Å². The van der Waals surface area contributed by atoms with Crippen LogP contribution in [-0.4, -0.2) is 68.7 Å². The summed E-state index contributed by atoms with van der Waals surface area (Å²) in [5, 5.41) is 8.30. The summed E-state index contributed by atoms with van der Waals surface area (Å²) >= 11 is 0. The lowest BCUT2D eigenvalue weighted by molar-refractivity contribution is -0.124. The lowest BCUT2D eigenvalue weighted by Gasteiger charge is -2.35. The van der Waals surface area contributed by atoms with Crippen LogP contribution in [0.2, 0.25) is 0 Å². The monoisotopic (exact) mass is 422 g/mol. The number of likely N-dealkylation sites (tertiary alicyclic amines) is 1. The van der Waals surface area contributed by atoms with Crippen molar-refractivity contribution in [2.45, 2.75) is 32.2 Å². The van der Waals surface area contributed by atoms with Gasteiger partial charge in [0.15, 0.2) is 0 Å². The number of halogens is 1. The number of ether oxygens (including phenoxy) is 1. The minimum Gasteiger partial charge on any atom is -0.385 e. The third-order valence-electron chi connectivity index (χ3n) is 5.14. The molecule has 1 fully saturated rings. The normalized spacial score (nSPS) is 15.4. The summed E-state index contributed by atoms with van der Waals surface area (Å²) in [4.78, 5) is 39.2. The topological polar surface area (TPSA) is 99.8 Å². The zero-order chi connectivity index (χ0) is 21.9. The van der Waals surface area contributed by atoms with Gasteiger partial charge in [0.25, 0.3) is 5.91 Å². The molecular formula is C21H31FN4O4. The molecule has 1 aliphatic heterocycles. The Bertz CT molecular complexity index is 723. The van der Waals surface area contributed by atoms with E-state index < -0.39 is 17.8 Å². The van der Waals surface area contributed by atoms with Gasteiger partial charge < -0.3 is 25.6 Å². The highest BCUT2D eigenvalue weighted by Crippen LogP contribution is 2.22. The zero-order valence-corrected chi connectivity index (χ0v) is 17.6. The van der Waals surface area contributed by atoms with E-state index in [9.17, 15) is 18.8 Å². The molecule has 1 aliphatic rings. The number of carbonyl (C=O) groups excluding carboxylic acids is 3. The number of amides is 4. The number of rotatable bonds is 9. The number of methoxy groups -OCH3 is 1. The first-order chi connectivity index (χ1) is 14.5. The fraction of sp³-hybridized carbons (Fsp3) is 0.571. The summed E-state index contributed by atoms with van der Waals surface area (Å²) in [5.41, 5.74) is -0.102. The fourth-order valence-electron chi connectivity index (χ4n) is 3.50. The van der Waals surface area contributed by atoms with E-state index in [0.717, 1.165) is 0 Å². The van der Waals surface area contributed by atoms with Crippen molar-refractivity contribution in [3.8, 4) is 0 Å². The molecule has 1 saturated heterocycles. The Morgan fingerprint density at radius 3 is 2.53 bits per heavy atom. The molecule has 166 valence electrons. The molecule has 1 aromatic carbocycles. The molecule has 0 saturated carbocycles. The Kier molecular flexibility index (Phi) is 9.53. The SMILES string of the molecule is CCNC(=O)N1CCC([C@@H](NC(=O)c2ccccc2F)C(=O)NCCCOC)CC1. The van der Waals surface area contributed by atoms with Crippen LogP contribution in [0.15, 0.2) is 24.3 Å². The quantitative estimate of drug-likeness (QED) is 0.526. The van der Waals surface area contributed by atoms with Gasteiger partial charge in [-0.2, -0.15) is 0 Å². The largest absolute Gasteiger partial charge is 0.385 e. The number of piperidine rings is 1. The first kappa shape index (κ1) is 23.6. The van der Waals surface area contributed by atoms with Crippen molar-refractivity contribution in [2.75, 3.05) is 39.9 Å². The van der Waals surface area contributed by atoms with E-state index in [1.807, 2.05) is 6.92 Å². The van der Waals surface area contributed by atoms with Crippen LogP contribution in [0.3, 0.4) is 0 Å². The van der Waals surface area contributed by atoms with Crippen molar-refractivity contribution in [2.24, 2.45) is 5.92 Å². The van der Waals surface area contributed by atoms with Gasteiger partial charge in [0, 0.05) is 39.9 Å². The number of hydrogen-bond acceptors (Lipinski definition) is 4. The molecule has 9 heteroatoms. The highest BCUT2D eigenvalue weighted by Gasteiger charge is 2.34. The van der Waals surface area contributed by atoms with Crippen molar-refractivity contribution in [1.29, 1.82) is 0 Å². The third kappa shape index (κ3) is 6.69. The van der Waals surface area contributed by atoms with Crippen molar-refractivity contribution in [3.05, 3.63) is 35.6 Å². The molecule has 1 aromatic rings. The first-order valence-electron chi connectivity index (χ1n) is 10.3. The van der Waals surface area contributed by atoms with E-state index >= 15 is 0 Å². The van der Waals surface area contributed by atoms with E-state index in [2.05, 4.69) is 16.0 Å². The van der Waals surface area contributed by atoms with Crippen molar-refractivity contribution in [3.63, 3.8) is 0 Å². The number of carbonyl (C=O) groups is 3. The number of hydrogen-bond donors (Lipinski definition) is 3. The lowest BCUT2D eigenvalue weighted by atomic mass is 9.88. The predicted molar refractivity (Wildman–Crippen MR) is 111 cm³/mol. The number of nitrogens with zero attached hydrogens (tertiary/aromatic N) is 1. The van der Waals surface area contributed by atoms with Crippen LogP contribution in [0.1, 0.15) is 36.5 Å². The number of nitrogens with one attached hydrogen (secondary N) is 3. The second-order valence-corrected chi connectivity index (χ2v) is 7.23. The van der Waals surface area contributed by atoms with Crippen LogP contribution in [-0.2, 0) is 9.53 Å². The summed E-state index contributed by atoms with van der Waals surface area (Å²) in [6.45, 7) is 4.30. The molecular weight excluding hydrogens is 391 g/mol. The predicted octanol–water partition coefficient (Wildman–Crippen LogP) is 1.52. The standard InChI is InChI=1S/C21H31FN4O4/c1-3-23-21(29)26-12-9-15(10-13-26)18(20(28)24-11-6-14-30-2)25-19(27)16-7-4-5-8-17(16)22/h4-5,7-8,15,18H,3,6,9-14H2,1-2H3,(H,23,29)(H,24,28)(H,25,27)/t18-/m1/s1. The Morgan fingerprint density at radius 2 is 1.90 bits per heavy atom. The fourth-order valence-corrected chi connectivity index (χ4v) is 3.50. The number of urea groups is 1. The van der Waals surface area contributed by atoms with Gasteiger partial charge in [-0.25, -0.2) is 9.18 Å². The summed E-state index contributed by atoms with van der Waals surface area (Å²) in [6.07, 6.45) is 1.77. The second kappa shape index (κ2) is 12.1. The molecule has 1 atom stereocenters. The van der Waals surface area contributed by atoms with Gasteiger partial charge in [0.2, 0.25) is 5.91 Å². The average Bonchev–Trinajstić information content (AvgIpc) is 2.75. The minimum atomic E-state index is -0.809. The molecule has 0 aromatic heterocycles. The van der Waals surface area contributed by atoms with Gasteiger partial charge in [0.1, 0.15) is 11.9 Å². The van der Waals surface area contributed by atoms with E-state index in [4.69, 9.17) is 4.74 Å². The molecule has 0 unspecified atom stereocenters. The van der Waals surface area contributed by atoms with E-state index in [-0.39, 0.29) is 23.4 Å². The highest BCUT2D eigenvalue weighted by atomic mass is 19.1. The van der Waals surface area contributed by atoms with Gasteiger partial charge in [-0.3, -0.25) is 9.59 Å². The van der Waals surface area contributed by atoms with Crippen LogP contribution in [0.4, 0.5) is 9.18 Å². The van der Waals surface area contributed by atoms with Gasteiger partial charge in [-0.15, -0.1) is 0 Å². The minimum absolute atomic E-state index is 0.102. The van der Waals surface area contributed by atoms with Crippen molar-refractivity contribution in [1.82, 2.24) is 20.9 Å².